The van der Waals surface area contributed by atoms with Gasteiger partial charge in [-0.1, -0.05) is 24.6 Å². The summed E-state index contributed by atoms with van der Waals surface area (Å²) in [7, 11) is 0. The Kier molecular flexibility index (Phi) is 5.86. The lowest BCUT2D eigenvalue weighted by molar-refractivity contribution is 0.657. The molecule has 0 heterocycles. The van der Waals surface area contributed by atoms with Crippen molar-refractivity contribution in [1.29, 1.82) is 0 Å². The minimum absolute atomic E-state index is 0.622. The average Bonchev–Trinajstić information content (AvgIpc) is 2.04. The molecule has 2 N–H and O–H groups in total. The van der Waals surface area contributed by atoms with Crippen molar-refractivity contribution in [3.8, 4) is 0 Å². The lowest BCUT2D eigenvalue weighted by Gasteiger charge is -2.02. The number of allylic oxidation sites excluding steroid dienone is 2. The Hall–Kier alpha value is -0.560. The molecule has 0 rings (SSSR count). The van der Waals surface area contributed by atoms with Gasteiger partial charge >= 0.3 is 0 Å². The molecule has 0 radical (unpaired) electrons. The van der Waals surface area contributed by atoms with Crippen LogP contribution in [0.1, 0.15) is 26.7 Å². The standard InChI is InChI=1S/C10H19N/c1-4-9(2)6-5-7-10(3)8-11/h4,7,9H,1,5-6,8,11H2,2-3H3/b10-7+. The summed E-state index contributed by atoms with van der Waals surface area (Å²) in [5.41, 5.74) is 6.71. The van der Waals surface area contributed by atoms with Gasteiger partial charge in [-0.25, -0.2) is 0 Å². The maximum Gasteiger partial charge on any atom is 0.0134 e. The highest BCUT2D eigenvalue weighted by Crippen LogP contribution is 2.07. The second-order valence-electron chi connectivity index (χ2n) is 3.04. The second kappa shape index (κ2) is 6.17. The Morgan fingerprint density at radius 3 is 2.73 bits per heavy atom. The number of nitrogens with two attached hydrogens (primary N) is 1. The largest absolute Gasteiger partial charge is 0.327 e. The van der Waals surface area contributed by atoms with Gasteiger partial charge in [-0.05, 0) is 25.7 Å². The second-order valence-corrected chi connectivity index (χ2v) is 3.04. The molecule has 1 heteroatoms. The van der Waals surface area contributed by atoms with Crippen LogP contribution in [0.5, 0.6) is 0 Å². The van der Waals surface area contributed by atoms with Crippen LogP contribution in [0.4, 0.5) is 0 Å². The summed E-state index contributed by atoms with van der Waals surface area (Å²) in [5, 5.41) is 0. The lowest BCUT2D eigenvalue weighted by atomic mass is 10.1. The van der Waals surface area contributed by atoms with Gasteiger partial charge < -0.3 is 5.73 Å². The van der Waals surface area contributed by atoms with E-state index in [1.165, 1.54) is 12.0 Å². The Morgan fingerprint density at radius 2 is 2.27 bits per heavy atom. The van der Waals surface area contributed by atoms with E-state index in [9.17, 15) is 0 Å². The first-order valence-electron chi connectivity index (χ1n) is 4.19. The Morgan fingerprint density at radius 1 is 1.64 bits per heavy atom. The molecule has 1 atom stereocenters. The summed E-state index contributed by atoms with van der Waals surface area (Å²) < 4.78 is 0. The summed E-state index contributed by atoms with van der Waals surface area (Å²) in [4.78, 5) is 0. The fraction of sp³-hybridized carbons (Fsp3) is 0.600. The average molecular weight is 153 g/mol. The first-order chi connectivity index (χ1) is 5.20. The molecule has 0 aliphatic rings. The molecule has 11 heavy (non-hydrogen) atoms. The summed E-state index contributed by atoms with van der Waals surface area (Å²) in [6.07, 6.45) is 6.50. The van der Waals surface area contributed by atoms with Crippen LogP contribution >= 0.6 is 0 Å². The Bertz CT molecular complexity index is 136. The van der Waals surface area contributed by atoms with E-state index < -0.39 is 0 Å². The molecule has 0 fully saturated rings. The smallest absolute Gasteiger partial charge is 0.0134 e. The quantitative estimate of drug-likeness (QED) is 0.603. The molecular formula is C10H19N. The zero-order valence-electron chi connectivity index (χ0n) is 7.64. The predicted octanol–water partition coefficient (Wildman–Crippen LogP) is 2.49. The van der Waals surface area contributed by atoms with Crippen LogP contribution in [-0.4, -0.2) is 6.54 Å². The van der Waals surface area contributed by atoms with E-state index in [0.717, 1.165) is 6.42 Å². The number of hydrogen-bond acceptors (Lipinski definition) is 1. The summed E-state index contributed by atoms with van der Waals surface area (Å²) in [6, 6.07) is 0. The van der Waals surface area contributed by atoms with Gasteiger partial charge in [0.15, 0.2) is 0 Å². The van der Waals surface area contributed by atoms with Gasteiger partial charge in [-0.15, -0.1) is 6.58 Å². The molecule has 0 aromatic rings. The van der Waals surface area contributed by atoms with Crippen LogP contribution < -0.4 is 5.73 Å². The highest BCUT2D eigenvalue weighted by Gasteiger charge is 1.93. The van der Waals surface area contributed by atoms with Crippen LogP contribution in [0.2, 0.25) is 0 Å². The third-order valence-corrected chi connectivity index (χ3v) is 1.84. The van der Waals surface area contributed by atoms with Crippen molar-refractivity contribution in [2.24, 2.45) is 11.7 Å². The zero-order valence-corrected chi connectivity index (χ0v) is 7.64. The first-order valence-corrected chi connectivity index (χ1v) is 4.19. The maximum atomic E-state index is 5.43. The third-order valence-electron chi connectivity index (χ3n) is 1.84. The molecule has 1 unspecified atom stereocenters. The monoisotopic (exact) mass is 153 g/mol. The number of hydrogen-bond donors (Lipinski definition) is 1. The van der Waals surface area contributed by atoms with Crippen LogP contribution in [0.15, 0.2) is 24.3 Å². The molecule has 0 aromatic carbocycles. The van der Waals surface area contributed by atoms with Gasteiger partial charge in [0.05, 0.1) is 0 Å². The minimum Gasteiger partial charge on any atom is -0.327 e. The lowest BCUT2D eigenvalue weighted by Crippen LogP contribution is -1.99. The highest BCUT2D eigenvalue weighted by molar-refractivity contribution is 4.99. The van der Waals surface area contributed by atoms with Gasteiger partial charge in [-0.2, -0.15) is 0 Å². The molecule has 0 spiro atoms. The molecule has 0 amide bonds. The first kappa shape index (κ1) is 10.4. The molecule has 1 nitrogen and oxygen atoms in total. The van der Waals surface area contributed by atoms with E-state index in [1.54, 1.807) is 0 Å². The van der Waals surface area contributed by atoms with Crippen molar-refractivity contribution in [2.45, 2.75) is 26.7 Å². The molecule has 64 valence electrons. The summed E-state index contributed by atoms with van der Waals surface area (Å²) >= 11 is 0. The van der Waals surface area contributed by atoms with Crippen LogP contribution in [-0.2, 0) is 0 Å². The van der Waals surface area contributed by atoms with Crippen LogP contribution in [0.25, 0.3) is 0 Å². The third kappa shape index (κ3) is 5.86. The van der Waals surface area contributed by atoms with Crippen molar-refractivity contribution in [3.05, 3.63) is 24.3 Å². The highest BCUT2D eigenvalue weighted by atomic mass is 14.5. The fourth-order valence-electron chi connectivity index (χ4n) is 0.794. The maximum absolute atomic E-state index is 5.43. The van der Waals surface area contributed by atoms with Gasteiger partial charge in [0.2, 0.25) is 0 Å². The Labute approximate surface area is 70.0 Å². The van der Waals surface area contributed by atoms with Crippen molar-refractivity contribution in [2.75, 3.05) is 6.54 Å². The summed E-state index contributed by atoms with van der Waals surface area (Å²) in [5.74, 6) is 0.622. The van der Waals surface area contributed by atoms with Crippen LogP contribution in [0, 0.1) is 5.92 Å². The molecule has 0 saturated heterocycles. The molecule has 0 bridgehead atoms. The normalized spacial score (nSPS) is 14.6. The van der Waals surface area contributed by atoms with E-state index in [4.69, 9.17) is 5.73 Å². The van der Waals surface area contributed by atoms with E-state index >= 15 is 0 Å². The van der Waals surface area contributed by atoms with Gasteiger partial charge in [0.25, 0.3) is 0 Å². The summed E-state index contributed by atoms with van der Waals surface area (Å²) in [6.45, 7) is 8.66. The van der Waals surface area contributed by atoms with E-state index in [2.05, 4.69) is 26.5 Å². The number of rotatable bonds is 5. The van der Waals surface area contributed by atoms with E-state index in [-0.39, 0.29) is 0 Å². The van der Waals surface area contributed by atoms with E-state index in [0.29, 0.717) is 12.5 Å². The topological polar surface area (TPSA) is 26.0 Å². The molecule has 0 aliphatic carbocycles. The molecular weight excluding hydrogens is 134 g/mol. The SMILES string of the molecule is C=CC(C)CC/C=C(\C)CN. The predicted molar refractivity (Wildman–Crippen MR) is 51.4 cm³/mol. The van der Waals surface area contributed by atoms with Crippen molar-refractivity contribution < 1.29 is 0 Å². The molecule has 0 aliphatic heterocycles. The van der Waals surface area contributed by atoms with Crippen molar-refractivity contribution >= 4 is 0 Å². The van der Waals surface area contributed by atoms with Gasteiger partial charge in [-0.3, -0.25) is 0 Å². The van der Waals surface area contributed by atoms with Crippen molar-refractivity contribution in [1.82, 2.24) is 0 Å². The van der Waals surface area contributed by atoms with Gasteiger partial charge in [0.1, 0.15) is 0 Å². The molecule has 0 aromatic heterocycles. The van der Waals surface area contributed by atoms with Crippen molar-refractivity contribution in [3.63, 3.8) is 0 Å². The minimum atomic E-state index is 0.622. The van der Waals surface area contributed by atoms with E-state index in [1.807, 2.05) is 6.08 Å². The van der Waals surface area contributed by atoms with Crippen LogP contribution in [0.3, 0.4) is 0 Å². The zero-order chi connectivity index (χ0) is 8.69. The van der Waals surface area contributed by atoms with Gasteiger partial charge in [0, 0.05) is 6.54 Å². The Balaban J connectivity index is 3.47. The molecule has 0 saturated carbocycles. The fourth-order valence-corrected chi connectivity index (χ4v) is 0.794.